The monoisotopic (exact) mass is 277 g/mol. The summed E-state index contributed by atoms with van der Waals surface area (Å²) < 4.78 is 15.1. The van der Waals surface area contributed by atoms with Gasteiger partial charge in [-0.3, -0.25) is 14.6 Å². The van der Waals surface area contributed by atoms with E-state index in [1.165, 1.54) is 12.1 Å². The maximum atomic E-state index is 10.7. The van der Waals surface area contributed by atoms with Crippen molar-refractivity contribution in [1.82, 2.24) is 0 Å². The molecule has 1 aromatic rings. The molecule has 0 radical (unpaired) electrons. The molecule has 0 aromatic heterocycles. The number of hydrogen-bond acceptors (Lipinski definition) is 5. The molecule has 6 N–H and O–H groups in total. The van der Waals surface area contributed by atoms with Crippen molar-refractivity contribution < 1.29 is 33.9 Å². The van der Waals surface area contributed by atoms with Gasteiger partial charge in [0.15, 0.2) is 0 Å². The number of nitrogens with two attached hydrogens (primary N) is 1. The molecular formula is C9H12NO7P. The lowest BCUT2D eigenvalue weighted by Gasteiger charge is -2.13. The lowest BCUT2D eigenvalue weighted by Crippen LogP contribution is -2.32. The predicted molar refractivity (Wildman–Crippen MR) is 60.1 cm³/mol. The molecule has 0 bridgehead atoms. The van der Waals surface area contributed by atoms with Crippen molar-refractivity contribution in [2.75, 3.05) is 0 Å². The zero-order valence-electron chi connectivity index (χ0n) is 9.05. The van der Waals surface area contributed by atoms with Crippen molar-refractivity contribution in [2.24, 2.45) is 5.73 Å². The van der Waals surface area contributed by atoms with Crippen molar-refractivity contribution in [3.05, 3.63) is 23.8 Å². The van der Waals surface area contributed by atoms with Gasteiger partial charge in [-0.1, -0.05) is 6.07 Å². The topological polar surface area (TPSA) is 150 Å². The molecular weight excluding hydrogens is 265 g/mol. The number of phosphoric acid groups is 1. The standard InChI is InChI=1S/C9H12NO7P/c10-7(9(12)13)3-5-1-2-6(11)4-8(5)17-18(14,15)16/h1-2,4,7,11H,3,10H2,(H,12,13)(H2,14,15,16). The van der Waals surface area contributed by atoms with E-state index in [2.05, 4.69) is 4.52 Å². The van der Waals surface area contributed by atoms with Crippen LogP contribution in [0.25, 0.3) is 0 Å². The van der Waals surface area contributed by atoms with E-state index in [1.54, 1.807) is 0 Å². The molecule has 0 aliphatic heterocycles. The maximum absolute atomic E-state index is 10.7. The van der Waals surface area contributed by atoms with Gasteiger partial charge >= 0.3 is 13.8 Å². The molecule has 18 heavy (non-hydrogen) atoms. The number of aromatic hydroxyl groups is 1. The van der Waals surface area contributed by atoms with Crippen LogP contribution < -0.4 is 10.3 Å². The first kappa shape index (κ1) is 14.5. The summed E-state index contributed by atoms with van der Waals surface area (Å²) in [5, 5.41) is 17.8. The first-order chi connectivity index (χ1) is 8.19. The van der Waals surface area contributed by atoms with Crippen molar-refractivity contribution >= 4 is 13.8 Å². The highest BCUT2D eigenvalue weighted by Crippen LogP contribution is 2.40. The van der Waals surface area contributed by atoms with Crippen LogP contribution in [0.5, 0.6) is 11.5 Å². The molecule has 0 aliphatic carbocycles. The number of phenolic OH excluding ortho intramolecular Hbond substituents is 1. The number of hydrogen-bond donors (Lipinski definition) is 5. The Bertz CT molecular complexity index is 498. The third kappa shape index (κ3) is 4.34. The minimum absolute atomic E-state index is 0.172. The number of benzene rings is 1. The minimum atomic E-state index is -4.80. The van der Waals surface area contributed by atoms with E-state index in [0.29, 0.717) is 0 Å². The third-order valence-corrected chi connectivity index (χ3v) is 2.46. The summed E-state index contributed by atoms with van der Waals surface area (Å²) in [4.78, 5) is 28.0. The van der Waals surface area contributed by atoms with E-state index < -0.39 is 19.8 Å². The van der Waals surface area contributed by atoms with Gasteiger partial charge in [-0.2, -0.15) is 0 Å². The summed E-state index contributed by atoms with van der Waals surface area (Å²) in [5.74, 6) is -1.84. The largest absolute Gasteiger partial charge is 0.524 e. The maximum Gasteiger partial charge on any atom is 0.524 e. The zero-order valence-corrected chi connectivity index (χ0v) is 9.95. The average Bonchev–Trinajstić information content (AvgIpc) is 2.19. The second kappa shape index (κ2) is 5.36. The number of carboxylic acid groups (broad SMARTS) is 1. The molecule has 9 heteroatoms. The summed E-state index contributed by atoms with van der Waals surface area (Å²) in [6.45, 7) is 0. The number of phosphoric ester groups is 1. The van der Waals surface area contributed by atoms with E-state index in [4.69, 9.17) is 20.6 Å². The molecule has 0 amide bonds. The van der Waals surface area contributed by atoms with Crippen LogP contribution in [-0.4, -0.2) is 32.0 Å². The zero-order chi connectivity index (χ0) is 13.9. The van der Waals surface area contributed by atoms with Crippen molar-refractivity contribution in [3.8, 4) is 11.5 Å². The molecule has 0 fully saturated rings. The molecule has 1 unspecified atom stereocenters. The van der Waals surface area contributed by atoms with Crippen molar-refractivity contribution in [3.63, 3.8) is 0 Å². The van der Waals surface area contributed by atoms with E-state index >= 15 is 0 Å². The first-order valence-corrected chi connectivity index (χ1v) is 6.27. The molecule has 0 saturated heterocycles. The van der Waals surface area contributed by atoms with Gasteiger partial charge in [-0.15, -0.1) is 0 Å². The molecule has 0 spiro atoms. The summed E-state index contributed by atoms with van der Waals surface area (Å²) in [6, 6.07) is 2.25. The average molecular weight is 277 g/mol. The number of carbonyl (C=O) groups is 1. The first-order valence-electron chi connectivity index (χ1n) is 4.74. The smallest absolute Gasteiger partial charge is 0.508 e. The molecule has 1 atom stereocenters. The fourth-order valence-corrected chi connectivity index (χ4v) is 1.68. The molecule has 0 heterocycles. The molecule has 8 nitrogen and oxygen atoms in total. The SMILES string of the molecule is NC(Cc1ccc(O)cc1OP(=O)(O)O)C(=O)O. The van der Waals surface area contributed by atoms with Crippen LogP contribution in [0.2, 0.25) is 0 Å². The highest BCUT2D eigenvalue weighted by atomic mass is 31.2. The van der Waals surface area contributed by atoms with Crippen LogP contribution in [-0.2, 0) is 15.8 Å². The van der Waals surface area contributed by atoms with Gasteiger partial charge in [0.2, 0.25) is 0 Å². The molecule has 1 rings (SSSR count). The fraction of sp³-hybridized carbons (Fsp3) is 0.222. The Kier molecular flexibility index (Phi) is 4.31. The Balaban J connectivity index is 3.03. The normalized spacial score (nSPS) is 13.1. The molecule has 0 saturated carbocycles. The molecule has 100 valence electrons. The van der Waals surface area contributed by atoms with Crippen LogP contribution in [0.3, 0.4) is 0 Å². The number of carboxylic acids is 1. The Morgan fingerprint density at radius 3 is 2.56 bits per heavy atom. The predicted octanol–water partition coefficient (Wildman–Crippen LogP) is -0.182. The number of phenols is 1. The van der Waals surface area contributed by atoms with E-state index in [-0.39, 0.29) is 23.5 Å². The summed E-state index contributed by atoms with van der Waals surface area (Å²) in [6.07, 6.45) is -0.190. The van der Waals surface area contributed by atoms with Crippen LogP contribution >= 0.6 is 7.82 Å². The van der Waals surface area contributed by atoms with Crippen LogP contribution in [0.4, 0.5) is 0 Å². The summed E-state index contributed by atoms with van der Waals surface area (Å²) in [7, 11) is -4.80. The second-order valence-corrected chi connectivity index (χ2v) is 4.69. The Morgan fingerprint density at radius 2 is 2.06 bits per heavy atom. The summed E-state index contributed by atoms with van der Waals surface area (Å²) >= 11 is 0. The molecule has 1 aromatic carbocycles. The van der Waals surface area contributed by atoms with E-state index in [1.807, 2.05) is 0 Å². The quantitative estimate of drug-likeness (QED) is 0.465. The van der Waals surface area contributed by atoms with Gasteiger partial charge in [-0.25, -0.2) is 4.57 Å². The Morgan fingerprint density at radius 1 is 1.44 bits per heavy atom. The van der Waals surface area contributed by atoms with Gasteiger partial charge in [0.05, 0.1) is 0 Å². The second-order valence-electron chi connectivity index (χ2n) is 3.52. The van der Waals surface area contributed by atoms with Crippen LogP contribution in [0.15, 0.2) is 18.2 Å². The van der Waals surface area contributed by atoms with Gasteiger partial charge in [-0.05, 0) is 11.6 Å². The van der Waals surface area contributed by atoms with E-state index in [9.17, 15) is 14.5 Å². The Labute approximate surface area is 102 Å². The summed E-state index contributed by atoms with van der Waals surface area (Å²) in [5.41, 5.74) is 5.48. The fourth-order valence-electron chi connectivity index (χ4n) is 1.25. The minimum Gasteiger partial charge on any atom is -0.508 e. The van der Waals surface area contributed by atoms with Gasteiger partial charge in [0.25, 0.3) is 0 Å². The third-order valence-electron chi connectivity index (χ3n) is 2.03. The van der Waals surface area contributed by atoms with Crippen molar-refractivity contribution in [2.45, 2.75) is 12.5 Å². The van der Waals surface area contributed by atoms with Crippen LogP contribution in [0.1, 0.15) is 5.56 Å². The highest BCUT2D eigenvalue weighted by Gasteiger charge is 2.21. The van der Waals surface area contributed by atoms with Crippen molar-refractivity contribution in [1.29, 1.82) is 0 Å². The van der Waals surface area contributed by atoms with Gasteiger partial charge in [0, 0.05) is 12.5 Å². The highest BCUT2D eigenvalue weighted by molar-refractivity contribution is 7.46. The Hall–Kier alpha value is -1.60. The van der Waals surface area contributed by atoms with Gasteiger partial charge in [0.1, 0.15) is 17.5 Å². The molecule has 0 aliphatic rings. The van der Waals surface area contributed by atoms with Crippen LogP contribution in [0, 0.1) is 0 Å². The lowest BCUT2D eigenvalue weighted by atomic mass is 10.1. The lowest BCUT2D eigenvalue weighted by molar-refractivity contribution is -0.138. The van der Waals surface area contributed by atoms with Gasteiger partial charge < -0.3 is 20.5 Å². The number of aliphatic carboxylic acids is 1. The van der Waals surface area contributed by atoms with E-state index in [0.717, 1.165) is 6.07 Å². The number of rotatable bonds is 5.